The molecule has 0 amide bonds. The predicted molar refractivity (Wildman–Crippen MR) is 72.0 cm³/mol. The van der Waals surface area contributed by atoms with Gasteiger partial charge in [-0.25, -0.2) is 0 Å². The van der Waals surface area contributed by atoms with Crippen molar-refractivity contribution in [2.75, 3.05) is 0 Å². The maximum absolute atomic E-state index is 2.51. The molecule has 3 rings (SSSR count). The standard InChI is InChI=1S/C14H17I/c15-14-9-12(7-10-1-2-10)5-6-13(14)8-11-3-4-11/h5-6,9-11H,1-4,7-8H2. The number of hydrogen-bond donors (Lipinski definition) is 0. The molecule has 0 spiro atoms. The molecule has 15 heavy (non-hydrogen) atoms. The van der Waals surface area contributed by atoms with Gasteiger partial charge in [-0.05, 0) is 90.1 Å². The normalized spacial score (nSPS) is 20.6. The Balaban J connectivity index is 1.72. The molecule has 0 heterocycles. The fourth-order valence-electron chi connectivity index (χ4n) is 2.17. The monoisotopic (exact) mass is 312 g/mol. The summed E-state index contributed by atoms with van der Waals surface area (Å²) in [6.45, 7) is 0. The summed E-state index contributed by atoms with van der Waals surface area (Å²) in [4.78, 5) is 0. The largest absolute Gasteiger partial charge is 0.0587 e. The third-order valence-electron chi connectivity index (χ3n) is 3.54. The van der Waals surface area contributed by atoms with E-state index in [9.17, 15) is 0 Å². The minimum atomic E-state index is 1.01. The first-order valence-corrected chi connectivity index (χ1v) is 7.16. The van der Waals surface area contributed by atoms with Crippen molar-refractivity contribution < 1.29 is 0 Å². The van der Waals surface area contributed by atoms with Crippen LogP contribution in [0.15, 0.2) is 18.2 Å². The maximum Gasteiger partial charge on any atom is 0.0165 e. The van der Waals surface area contributed by atoms with Gasteiger partial charge in [0.15, 0.2) is 0 Å². The van der Waals surface area contributed by atoms with Crippen LogP contribution in [0.5, 0.6) is 0 Å². The molecule has 0 radical (unpaired) electrons. The van der Waals surface area contributed by atoms with Crippen LogP contribution in [-0.2, 0) is 12.8 Å². The van der Waals surface area contributed by atoms with Crippen molar-refractivity contribution in [2.24, 2.45) is 11.8 Å². The second-order valence-corrected chi connectivity index (χ2v) is 6.38. The second-order valence-electron chi connectivity index (χ2n) is 5.22. The van der Waals surface area contributed by atoms with Crippen LogP contribution in [-0.4, -0.2) is 0 Å². The molecule has 1 aromatic rings. The van der Waals surface area contributed by atoms with Crippen molar-refractivity contribution >= 4 is 22.6 Å². The summed E-state index contributed by atoms with van der Waals surface area (Å²) < 4.78 is 1.50. The SMILES string of the molecule is Ic1cc(CC2CC2)ccc1CC1CC1. The zero-order valence-electron chi connectivity index (χ0n) is 9.01. The van der Waals surface area contributed by atoms with E-state index in [2.05, 4.69) is 40.8 Å². The molecule has 1 heteroatoms. The zero-order chi connectivity index (χ0) is 10.3. The first-order valence-electron chi connectivity index (χ1n) is 6.08. The van der Waals surface area contributed by atoms with Gasteiger partial charge in [0.1, 0.15) is 0 Å². The fourth-order valence-corrected chi connectivity index (χ4v) is 2.97. The molecule has 0 unspecified atom stereocenters. The van der Waals surface area contributed by atoms with Gasteiger partial charge < -0.3 is 0 Å². The minimum absolute atomic E-state index is 1.01. The smallest absolute Gasteiger partial charge is 0.0165 e. The van der Waals surface area contributed by atoms with Gasteiger partial charge in [-0.3, -0.25) is 0 Å². The van der Waals surface area contributed by atoms with Crippen molar-refractivity contribution in [1.29, 1.82) is 0 Å². The zero-order valence-corrected chi connectivity index (χ0v) is 11.2. The number of benzene rings is 1. The third kappa shape index (κ3) is 2.74. The molecule has 0 aliphatic heterocycles. The number of hydrogen-bond acceptors (Lipinski definition) is 0. The molecule has 0 nitrogen and oxygen atoms in total. The molecule has 2 aliphatic carbocycles. The van der Waals surface area contributed by atoms with Crippen LogP contribution in [0.3, 0.4) is 0 Å². The van der Waals surface area contributed by atoms with Gasteiger partial charge in [-0.2, -0.15) is 0 Å². The Kier molecular flexibility index (Phi) is 2.75. The maximum atomic E-state index is 2.51. The molecule has 0 saturated heterocycles. The molecule has 0 atom stereocenters. The van der Waals surface area contributed by atoms with Crippen molar-refractivity contribution in [3.8, 4) is 0 Å². The van der Waals surface area contributed by atoms with Crippen LogP contribution in [0, 0.1) is 15.4 Å². The van der Waals surface area contributed by atoms with E-state index in [1.165, 1.54) is 42.1 Å². The summed E-state index contributed by atoms with van der Waals surface area (Å²) in [6, 6.07) is 7.15. The van der Waals surface area contributed by atoms with E-state index < -0.39 is 0 Å². The van der Waals surface area contributed by atoms with Crippen LogP contribution in [0.4, 0.5) is 0 Å². The lowest BCUT2D eigenvalue weighted by Crippen LogP contribution is -1.94. The third-order valence-corrected chi connectivity index (χ3v) is 4.55. The van der Waals surface area contributed by atoms with Crippen molar-refractivity contribution in [3.63, 3.8) is 0 Å². The van der Waals surface area contributed by atoms with Crippen LogP contribution in [0.2, 0.25) is 0 Å². The van der Waals surface area contributed by atoms with Gasteiger partial charge in [-0.15, -0.1) is 0 Å². The summed E-state index contributed by atoms with van der Waals surface area (Å²) in [7, 11) is 0. The topological polar surface area (TPSA) is 0 Å². The molecular weight excluding hydrogens is 295 g/mol. The molecule has 2 aliphatic rings. The molecule has 80 valence electrons. The molecule has 2 fully saturated rings. The quantitative estimate of drug-likeness (QED) is 0.731. The Hall–Kier alpha value is -0.0500. The lowest BCUT2D eigenvalue weighted by atomic mass is 10.0. The number of halogens is 1. The molecule has 1 aromatic carbocycles. The first-order chi connectivity index (χ1) is 7.31. The highest BCUT2D eigenvalue weighted by Gasteiger charge is 2.23. The van der Waals surface area contributed by atoms with Gasteiger partial charge in [-0.1, -0.05) is 12.1 Å². The Morgan fingerprint density at radius 1 is 1.00 bits per heavy atom. The summed E-state index contributed by atoms with van der Waals surface area (Å²) in [5.74, 6) is 2.02. The highest BCUT2D eigenvalue weighted by molar-refractivity contribution is 14.1. The summed E-state index contributed by atoms with van der Waals surface area (Å²) >= 11 is 2.51. The Bertz CT molecular complexity index is 362. The van der Waals surface area contributed by atoms with Crippen molar-refractivity contribution in [1.82, 2.24) is 0 Å². The van der Waals surface area contributed by atoms with Gasteiger partial charge in [0, 0.05) is 3.57 Å². The lowest BCUT2D eigenvalue weighted by Gasteiger charge is -2.06. The number of rotatable bonds is 4. The van der Waals surface area contributed by atoms with Gasteiger partial charge in [0.05, 0.1) is 0 Å². The van der Waals surface area contributed by atoms with E-state index in [0.717, 1.165) is 11.8 Å². The van der Waals surface area contributed by atoms with Gasteiger partial charge in [0.2, 0.25) is 0 Å². The van der Waals surface area contributed by atoms with Crippen molar-refractivity contribution in [2.45, 2.75) is 38.5 Å². The first kappa shape index (κ1) is 10.1. The minimum Gasteiger partial charge on any atom is -0.0587 e. The molecule has 0 aromatic heterocycles. The molecule has 0 N–H and O–H groups in total. The highest BCUT2D eigenvalue weighted by atomic mass is 127. The van der Waals surface area contributed by atoms with Crippen LogP contribution in [0.25, 0.3) is 0 Å². The van der Waals surface area contributed by atoms with E-state index in [1.807, 2.05) is 0 Å². The molecule has 2 saturated carbocycles. The predicted octanol–water partition coefficient (Wildman–Crippen LogP) is 4.20. The summed E-state index contributed by atoms with van der Waals surface area (Å²) in [5, 5.41) is 0. The molecular formula is C14H17I. The Morgan fingerprint density at radius 2 is 1.67 bits per heavy atom. The lowest BCUT2D eigenvalue weighted by molar-refractivity contribution is 0.814. The second kappa shape index (κ2) is 4.08. The van der Waals surface area contributed by atoms with E-state index in [0.29, 0.717) is 0 Å². The fraction of sp³-hybridized carbons (Fsp3) is 0.571. The van der Waals surface area contributed by atoms with Crippen LogP contribution in [0.1, 0.15) is 36.8 Å². The summed E-state index contributed by atoms with van der Waals surface area (Å²) in [5.41, 5.74) is 3.14. The van der Waals surface area contributed by atoms with Gasteiger partial charge >= 0.3 is 0 Å². The Labute approximate surface area is 106 Å². The Morgan fingerprint density at radius 3 is 2.27 bits per heavy atom. The van der Waals surface area contributed by atoms with Gasteiger partial charge in [0.25, 0.3) is 0 Å². The van der Waals surface area contributed by atoms with Crippen LogP contribution >= 0.6 is 22.6 Å². The summed E-state index contributed by atoms with van der Waals surface area (Å²) in [6.07, 6.45) is 8.47. The van der Waals surface area contributed by atoms with E-state index >= 15 is 0 Å². The van der Waals surface area contributed by atoms with Crippen molar-refractivity contribution in [3.05, 3.63) is 32.9 Å². The van der Waals surface area contributed by atoms with E-state index in [1.54, 1.807) is 11.1 Å². The highest BCUT2D eigenvalue weighted by Crippen LogP contribution is 2.35. The average molecular weight is 312 g/mol. The average Bonchev–Trinajstić information content (AvgIpc) is 3.04. The van der Waals surface area contributed by atoms with E-state index in [4.69, 9.17) is 0 Å². The van der Waals surface area contributed by atoms with Crippen LogP contribution < -0.4 is 0 Å². The molecule has 0 bridgehead atoms. The van der Waals surface area contributed by atoms with E-state index in [-0.39, 0.29) is 0 Å².